The molecule has 0 fully saturated rings. The third kappa shape index (κ3) is 3.24. The summed E-state index contributed by atoms with van der Waals surface area (Å²) in [5.41, 5.74) is 1.46. The van der Waals surface area contributed by atoms with Gasteiger partial charge in [-0.15, -0.1) is 0 Å². The van der Waals surface area contributed by atoms with Gasteiger partial charge < -0.3 is 4.90 Å². The highest BCUT2D eigenvalue weighted by atomic mass is 28.3. The van der Waals surface area contributed by atoms with Gasteiger partial charge in [0.15, 0.2) is 0 Å². The number of halogens is 1. The van der Waals surface area contributed by atoms with Gasteiger partial charge in [-0.3, -0.25) is 4.79 Å². The number of rotatable bonds is 4. The Morgan fingerprint density at radius 3 is 2.16 bits per heavy atom. The van der Waals surface area contributed by atoms with Crippen molar-refractivity contribution in [1.82, 2.24) is 4.90 Å². The molecule has 0 atom stereocenters. The van der Waals surface area contributed by atoms with Crippen molar-refractivity contribution >= 4 is 19.2 Å². The second kappa shape index (κ2) is 5.86. The molecule has 0 aliphatic heterocycles. The Kier molecular flexibility index (Phi) is 4.90. The van der Waals surface area contributed by atoms with Crippen LogP contribution < -0.4 is 5.19 Å². The van der Waals surface area contributed by atoms with Gasteiger partial charge in [0.1, 0.15) is 5.82 Å². The van der Waals surface area contributed by atoms with Gasteiger partial charge in [-0.2, -0.15) is 0 Å². The fraction of sp³-hybridized carbons (Fsp3) is 0.533. The maximum atomic E-state index is 14.2. The Hall–Kier alpha value is -1.16. The average Bonchev–Trinajstić information content (AvgIpc) is 2.31. The Morgan fingerprint density at radius 2 is 1.74 bits per heavy atom. The Balaban J connectivity index is 3.50. The van der Waals surface area contributed by atoms with Crippen LogP contribution in [0.5, 0.6) is 0 Å². The average molecular weight is 281 g/mol. The largest absolute Gasteiger partial charge is 0.339 e. The van der Waals surface area contributed by atoms with Crippen molar-refractivity contribution in [2.24, 2.45) is 0 Å². The molecule has 19 heavy (non-hydrogen) atoms. The van der Waals surface area contributed by atoms with Crippen LogP contribution in [0.15, 0.2) is 12.1 Å². The summed E-state index contributed by atoms with van der Waals surface area (Å²) in [6.45, 7) is 13.3. The monoisotopic (exact) mass is 281 g/mol. The molecule has 0 aromatic heterocycles. The lowest BCUT2D eigenvalue weighted by atomic mass is 10.1. The summed E-state index contributed by atoms with van der Waals surface area (Å²) in [4.78, 5) is 14.4. The maximum absolute atomic E-state index is 14.2. The van der Waals surface area contributed by atoms with E-state index in [0.29, 0.717) is 23.8 Å². The first kappa shape index (κ1) is 15.9. The Bertz CT molecular complexity index is 476. The molecule has 0 heterocycles. The lowest BCUT2D eigenvalue weighted by Gasteiger charge is -2.26. The van der Waals surface area contributed by atoms with E-state index in [1.807, 2.05) is 20.8 Å². The summed E-state index contributed by atoms with van der Waals surface area (Å²) < 4.78 is 14.2. The first-order valence-electron chi connectivity index (χ1n) is 6.82. The number of carbonyl (C=O) groups is 1. The molecule has 0 N–H and O–H groups in total. The van der Waals surface area contributed by atoms with Crippen molar-refractivity contribution < 1.29 is 9.18 Å². The zero-order valence-corrected chi connectivity index (χ0v) is 13.8. The van der Waals surface area contributed by atoms with E-state index in [9.17, 15) is 9.18 Å². The minimum Gasteiger partial charge on any atom is -0.339 e. The highest BCUT2D eigenvalue weighted by Crippen LogP contribution is 2.16. The highest BCUT2D eigenvalue weighted by molar-refractivity contribution is 6.89. The molecule has 0 saturated carbocycles. The van der Waals surface area contributed by atoms with Gasteiger partial charge >= 0.3 is 0 Å². The molecule has 1 amide bonds. The molecule has 106 valence electrons. The number of benzene rings is 1. The van der Waals surface area contributed by atoms with E-state index in [2.05, 4.69) is 19.6 Å². The topological polar surface area (TPSA) is 20.3 Å². The van der Waals surface area contributed by atoms with Gasteiger partial charge in [-0.25, -0.2) is 4.39 Å². The van der Waals surface area contributed by atoms with Crippen LogP contribution in [0.1, 0.15) is 29.8 Å². The van der Waals surface area contributed by atoms with E-state index < -0.39 is 8.07 Å². The van der Waals surface area contributed by atoms with E-state index in [0.717, 1.165) is 5.56 Å². The lowest BCUT2D eigenvalue weighted by Crippen LogP contribution is -2.46. The van der Waals surface area contributed by atoms with Gasteiger partial charge in [0.2, 0.25) is 0 Å². The molecule has 0 bridgehead atoms. The van der Waals surface area contributed by atoms with Gasteiger partial charge in [-0.1, -0.05) is 25.7 Å². The van der Waals surface area contributed by atoms with E-state index in [4.69, 9.17) is 0 Å². The molecule has 0 unspecified atom stereocenters. The predicted octanol–water partition coefficient (Wildman–Crippen LogP) is 3.16. The first-order valence-corrected chi connectivity index (χ1v) is 10.3. The van der Waals surface area contributed by atoms with Crippen molar-refractivity contribution in [3.05, 3.63) is 29.1 Å². The second-order valence-electron chi connectivity index (χ2n) is 5.84. The number of hydrogen-bond donors (Lipinski definition) is 0. The molecule has 1 aromatic carbocycles. The molecule has 0 saturated heterocycles. The number of amides is 1. The molecule has 1 rings (SSSR count). The smallest absolute Gasteiger partial charge is 0.254 e. The van der Waals surface area contributed by atoms with E-state index in [-0.39, 0.29) is 11.7 Å². The summed E-state index contributed by atoms with van der Waals surface area (Å²) in [7, 11) is -1.91. The van der Waals surface area contributed by atoms with Crippen molar-refractivity contribution in [3.8, 4) is 0 Å². The van der Waals surface area contributed by atoms with Crippen LogP contribution in [0.4, 0.5) is 4.39 Å². The molecular weight excluding hydrogens is 257 g/mol. The summed E-state index contributed by atoms with van der Waals surface area (Å²) in [6, 6.07) is 3.19. The number of hydrogen-bond acceptors (Lipinski definition) is 1. The summed E-state index contributed by atoms with van der Waals surface area (Å²) >= 11 is 0. The second-order valence-corrected chi connectivity index (χ2v) is 10.8. The minimum atomic E-state index is -1.91. The van der Waals surface area contributed by atoms with Gasteiger partial charge in [0.05, 0.1) is 8.07 Å². The summed E-state index contributed by atoms with van der Waals surface area (Å²) in [6.07, 6.45) is 0. The van der Waals surface area contributed by atoms with Crippen molar-refractivity contribution in [3.63, 3.8) is 0 Å². The van der Waals surface area contributed by atoms with Crippen LogP contribution in [-0.2, 0) is 0 Å². The van der Waals surface area contributed by atoms with Crippen molar-refractivity contribution in [2.45, 2.75) is 40.4 Å². The first-order chi connectivity index (χ1) is 8.73. The van der Waals surface area contributed by atoms with Crippen LogP contribution in [-0.4, -0.2) is 32.0 Å². The molecule has 0 aliphatic carbocycles. The highest BCUT2D eigenvalue weighted by Gasteiger charge is 2.30. The molecule has 0 aliphatic rings. The standard InChI is InChI=1S/C15H24FNOSi/c1-7-17(8-2)15(18)13-11(3)9-10-12(16)14(13)19(4,5)6/h9-10H,7-8H2,1-6H3. The molecule has 4 heteroatoms. The van der Waals surface area contributed by atoms with Gasteiger partial charge in [0, 0.05) is 18.7 Å². The molecule has 2 nitrogen and oxygen atoms in total. The normalized spacial score (nSPS) is 11.5. The minimum absolute atomic E-state index is 0.0422. The number of nitrogens with zero attached hydrogens (tertiary/aromatic N) is 1. The number of carbonyl (C=O) groups excluding carboxylic acids is 1. The summed E-state index contributed by atoms with van der Waals surface area (Å²) in [5, 5.41) is 0.657. The maximum Gasteiger partial charge on any atom is 0.254 e. The van der Waals surface area contributed by atoms with Gasteiger partial charge in [-0.05, 0) is 37.6 Å². The van der Waals surface area contributed by atoms with Crippen LogP contribution >= 0.6 is 0 Å². The predicted molar refractivity (Wildman–Crippen MR) is 81.4 cm³/mol. The third-order valence-electron chi connectivity index (χ3n) is 3.38. The van der Waals surface area contributed by atoms with E-state index >= 15 is 0 Å². The van der Waals surface area contributed by atoms with Crippen molar-refractivity contribution in [1.29, 1.82) is 0 Å². The van der Waals surface area contributed by atoms with Crippen LogP contribution in [0.2, 0.25) is 19.6 Å². The Morgan fingerprint density at radius 1 is 1.21 bits per heavy atom. The zero-order chi connectivity index (χ0) is 14.8. The molecular formula is C15H24FNOSi. The van der Waals surface area contributed by atoms with Crippen molar-refractivity contribution in [2.75, 3.05) is 13.1 Å². The van der Waals surface area contributed by atoms with Crippen LogP contribution in [0.3, 0.4) is 0 Å². The van der Waals surface area contributed by atoms with Crippen LogP contribution in [0.25, 0.3) is 0 Å². The SMILES string of the molecule is CCN(CC)C(=O)c1c(C)ccc(F)c1[Si](C)(C)C. The van der Waals surface area contributed by atoms with E-state index in [1.54, 1.807) is 11.0 Å². The molecule has 1 aromatic rings. The fourth-order valence-corrected chi connectivity index (χ4v) is 4.21. The quantitative estimate of drug-likeness (QED) is 0.776. The zero-order valence-electron chi connectivity index (χ0n) is 12.8. The Labute approximate surface area is 116 Å². The van der Waals surface area contributed by atoms with Gasteiger partial charge in [0.25, 0.3) is 5.91 Å². The molecule has 0 radical (unpaired) electrons. The van der Waals surface area contributed by atoms with E-state index in [1.165, 1.54) is 6.07 Å². The fourth-order valence-electron chi connectivity index (χ4n) is 2.36. The summed E-state index contributed by atoms with van der Waals surface area (Å²) in [5.74, 6) is -0.278. The lowest BCUT2D eigenvalue weighted by molar-refractivity contribution is 0.0773. The van der Waals surface area contributed by atoms with Crippen LogP contribution in [0, 0.1) is 12.7 Å². The number of aryl methyl sites for hydroxylation is 1. The molecule has 0 spiro atoms. The third-order valence-corrected chi connectivity index (χ3v) is 5.37.